The highest BCUT2D eigenvalue weighted by Crippen LogP contribution is 2.24. The quantitative estimate of drug-likeness (QED) is 0.221. The number of carbonyl (C=O) groups is 1. The minimum absolute atomic E-state index is 0.189. The molecule has 30 heavy (non-hydrogen) atoms. The van der Waals surface area contributed by atoms with Crippen LogP contribution in [-0.4, -0.2) is 5.97 Å². The second kappa shape index (κ2) is 10.4. The zero-order valence-corrected chi connectivity index (χ0v) is 16.9. The van der Waals surface area contributed by atoms with E-state index in [4.69, 9.17) is 4.74 Å². The Morgan fingerprint density at radius 2 is 1.43 bits per heavy atom. The van der Waals surface area contributed by atoms with Crippen LogP contribution in [-0.2, 0) is 12.8 Å². The van der Waals surface area contributed by atoms with Gasteiger partial charge in [-0.25, -0.2) is 9.18 Å². The molecule has 0 heterocycles. The number of ether oxygens (including phenoxy) is 1. The van der Waals surface area contributed by atoms with Gasteiger partial charge < -0.3 is 4.74 Å². The van der Waals surface area contributed by atoms with E-state index >= 15 is 0 Å². The van der Waals surface area contributed by atoms with Crippen molar-refractivity contribution in [2.24, 2.45) is 0 Å². The number of carbonyl (C=O) groups excluding carboxylic acids is 1. The Labute approximate surface area is 177 Å². The molecule has 0 aliphatic rings. The van der Waals surface area contributed by atoms with Gasteiger partial charge in [-0.2, -0.15) is 0 Å². The van der Waals surface area contributed by atoms with Crippen molar-refractivity contribution >= 4 is 5.97 Å². The van der Waals surface area contributed by atoms with E-state index in [1.54, 1.807) is 30.3 Å². The van der Waals surface area contributed by atoms with Crippen LogP contribution in [0.3, 0.4) is 0 Å². The van der Waals surface area contributed by atoms with Crippen molar-refractivity contribution in [3.8, 4) is 16.9 Å². The monoisotopic (exact) mass is 400 g/mol. The molecule has 2 nitrogen and oxygen atoms in total. The molecule has 0 saturated carbocycles. The summed E-state index contributed by atoms with van der Waals surface area (Å²) in [6.07, 6.45) is 6.84. The molecule has 3 rings (SSSR count). The first-order chi connectivity index (χ1) is 14.6. The Hall–Kier alpha value is -3.46. The van der Waals surface area contributed by atoms with Crippen LogP contribution in [0.1, 0.15) is 34.3 Å². The maximum Gasteiger partial charge on any atom is 0.343 e. The van der Waals surface area contributed by atoms with Gasteiger partial charge >= 0.3 is 5.97 Å². The van der Waals surface area contributed by atoms with Crippen molar-refractivity contribution in [3.05, 3.63) is 115 Å². The van der Waals surface area contributed by atoms with Crippen LogP contribution in [0.2, 0.25) is 0 Å². The highest BCUT2D eigenvalue weighted by molar-refractivity contribution is 5.91. The van der Waals surface area contributed by atoms with Gasteiger partial charge in [0.15, 0.2) is 0 Å². The van der Waals surface area contributed by atoms with Gasteiger partial charge in [0.05, 0.1) is 5.56 Å². The fourth-order valence-corrected chi connectivity index (χ4v) is 3.15. The van der Waals surface area contributed by atoms with E-state index in [1.165, 1.54) is 11.6 Å². The second-order valence-corrected chi connectivity index (χ2v) is 7.07. The fourth-order valence-electron chi connectivity index (χ4n) is 3.15. The van der Waals surface area contributed by atoms with Crippen LogP contribution >= 0.6 is 0 Å². The Morgan fingerprint density at radius 3 is 2.03 bits per heavy atom. The number of allylic oxidation sites excluding steroid dienone is 2. The van der Waals surface area contributed by atoms with Crippen molar-refractivity contribution in [2.75, 3.05) is 0 Å². The predicted octanol–water partition coefficient (Wildman–Crippen LogP) is 6.95. The molecular weight excluding hydrogens is 375 g/mol. The number of benzene rings is 3. The highest BCUT2D eigenvalue weighted by atomic mass is 19.1. The highest BCUT2D eigenvalue weighted by Gasteiger charge is 2.12. The Balaban J connectivity index is 1.65. The van der Waals surface area contributed by atoms with Crippen LogP contribution in [0.5, 0.6) is 5.75 Å². The van der Waals surface area contributed by atoms with E-state index in [0.717, 1.165) is 24.0 Å². The lowest BCUT2D eigenvalue weighted by molar-refractivity contribution is 0.0734. The molecule has 3 aromatic carbocycles. The average Bonchev–Trinajstić information content (AvgIpc) is 2.77. The van der Waals surface area contributed by atoms with Gasteiger partial charge in [0.1, 0.15) is 11.6 Å². The summed E-state index contributed by atoms with van der Waals surface area (Å²) in [5, 5.41) is 0. The Kier molecular flexibility index (Phi) is 7.34. The number of halogens is 1. The molecule has 0 atom stereocenters. The molecule has 0 aliphatic carbocycles. The van der Waals surface area contributed by atoms with Gasteiger partial charge in [-0.1, -0.05) is 54.6 Å². The lowest BCUT2D eigenvalue weighted by Crippen LogP contribution is -2.09. The first kappa shape index (κ1) is 21.3. The third-order valence-corrected chi connectivity index (χ3v) is 4.90. The van der Waals surface area contributed by atoms with Gasteiger partial charge in [0.2, 0.25) is 0 Å². The van der Waals surface area contributed by atoms with Gasteiger partial charge in [-0.05, 0) is 72.2 Å². The molecule has 0 aromatic heterocycles. The predicted molar refractivity (Wildman–Crippen MR) is 120 cm³/mol. The number of hydrogen-bond acceptors (Lipinski definition) is 2. The van der Waals surface area contributed by atoms with E-state index in [2.05, 4.69) is 37.4 Å². The molecule has 3 aromatic rings. The van der Waals surface area contributed by atoms with Crippen LogP contribution in [0, 0.1) is 5.82 Å². The number of hydrogen-bond donors (Lipinski definition) is 0. The minimum Gasteiger partial charge on any atom is -0.423 e. The summed E-state index contributed by atoms with van der Waals surface area (Å²) in [4.78, 5) is 12.4. The molecule has 0 radical (unpaired) electrons. The maximum atomic E-state index is 14.2. The van der Waals surface area contributed by atoms with Crippen molar-refractivity contribution in [1.29, 1.82) is 0 Å². The average molecular weight is 400 g/mol. The topological polar surface area (TPSA) is 26.3 Å². The normalized spacial score (nSPS) is 10.4. The summed E-state index contributed by atoms with van der Waals surface area (Å²) in [6, 6.07) is 20.1. The summed E-state index contributed by atoms with van der Waals surface area (Å²) < 4.78 is 19.6. The van der Waals surface area contributed by atoms with Crippen LogP contribution in [0.4, 0.5) is 4.39 Å². The summed E-state index contributed by atoms with van der Waals surface area (Å²) in [7, 11) is 0. The van der Waals surface area contributed by atoms with Crippen LogP contribution in [0.15, 0.2) is 92.0 Å². The molecule has 0 amide bonds. The van der Waals surface area contributed by atoms with Crippen molar-refractivity contribution < 1.29 is 13.9 Å². The molecule has 0 aliphatic heterocycles. The molecule has 0 N–H and O–H groups in total. The molecular formula is C27H25FO2. The molecule has 0 fully saturated rings. The largest absolute Gasteiger partial charge is 0.423 e. The van der Waals surface area contributed by atoms with E-state index in [9.17, 15) is 9.18 Å². The van der Waals surface area contributed by atoms with Crippen molar-refractivity contribution in [1.82, 2.24) is 0 Å². The first-order valence-corrected chi connectivity index (χ1v) is 10.0. The van der Waals surface area contributed by atoms with E-state index < -0.39 is 11.8 Å². The van der Waals surface area contributed by atoms with E-state index in [1.807, 2.05) is 18.2 Å². The standard InChI is InChI=1S/C27H25FO2/c1-3-5-7-20-9-11-21(12-10-20)22-15-17-25(18-16-22)30-27(29)24-14-13-23(8-6-4-2)26(28)19-24/h3-4,9-19H,1-2,5-8H2. The molecule has 0 saturated heterocycles. The lowest BCUT2D eigenvalue weighted by Gasteiger charge is -2.08. The van der Waals surface area contributed by atoms with Gasteiger partial charge in [0, 0.05) is 0 Å². The summed E-state index contributed by atoms with van der Waals surface area (Å²) in [5.41, 5.74) is 4.14. The van der Waals surface area contributed by atoms with Crippen molar-refractivity contribution in [3.63, 3.8) is 0 Å². The van der Waals surface area contributed by atoms with E-state index in [-0.39, 0.29) is 5.56 Å². The lowest BCUT2D eigenvalue weighted by atomic mass is 10.0. The molecule has 0 bridgehead atoms. The summed E-state index contributed by atoms with van der Waals surface area (Å²) in [5.74, 6) is -0.566. The zero-order chi connectivity index (χ0) is 21.3. The van der Waals surface area contributed by atoms with Gasteiger partial charge in [-0.3, -0.25) is 0 Å². The molecule has 0 unspecified atom stereocenters. The Morgan fingerprint density at radius 1 is 0.833 bits per heavy atom. The summed E-state index contributed by atoms with van der Waals surface area (Å²) >= 11 is 0. The molecule has 0 spiro atoms. The van der Waals surface area contributed by atoms with Gasteiger partial charge in [0.25, 0.3) is 0 Å². The third kappa shape index (κ3) is 5.54. The minimum atomic E-state index is -0.580. The van der Waals surface area contributed by atoms with Gasteiger partial charge in [-0.15, -0.1) is 13.2 Å². The number of esters is 1. The maximum absolute atomic E-state index is 14.2. The first-order valence-electron chi connectivity index (χ1n) is 10.0. The Bertz CT molecular complexity index is 1020. The molecule has 3 heteroatoms. The SMILES string of the molecule is C=CCCc1ccc(-c2ccc(OC(=O)c3ccc(CCC=C)c(F)c3)cc2)cc1. The smallest absolute Gasteiger partial charge is 0.343 e. The van der Waals surface area contributed by atoms with E-state index in [0.29, 0.717) is 24.2 Å². The fraction of sp³-hybridized carbons (Fsp3) is 0.148. The zero-order valence-electron chi connectivity index (χ0n) is 16.9. The van der Waals surface area contributed by atoms with Crippen molar-refractivity contribution in [2.45, 2.75) is 25.7 Å². The third-order valence-electron chi connectivity index (χ3n) is 4.90. The van der Waals surface area contributed by atoms with Crippen LogP contribution in [0.25, 0.3) is 11.1 Å². The summed E-state index contributed by atoms with van der Waals surface area (Å²) in [6.45, 7) is 7.39. The molecule has 152 valence electrons. The number of rotatable bonds is 9. The number of aryl methyl sites for hydroxylation is 2. The van der Waals surface area contributed by atoms with Crippen LogP contribution < -0.4 is 4.74 Å². The second-order valence-electron chi connectivity index (χ2n) is 7.07.